The lowest BCUT2D eigenvalue weighted by Gasteiger charge is -2.48. The highest BCUT2D eigenvalue weighted by Gasteiger charge is 2.51. The zero-order valence-corrected chi connectivity index (χ0v) is 53.6. The molecular formula is C81H88BN3O. The maximum absolute atomic E-state index is 9.19. The van der Waals surface area contributed by atoms with Gasteiger partial charge in [0.05, 0.1) is 22.7 Å². The summed E-state index contributed by atoms with van der Waals surface area (Å²) in [6.45, 7) is 31.5. The normalized spacial score (nSPS) is 21.7. The molecule has 86 heavy (non-hydrogen) atoms. The van der Waals surface area contributed by atoms with E-state index in [0.717, 1.165) is 113 Å². The summed E-state index contributed by atoms with van der Waals surface area (Å²) in [4.78, 5) is 7.51. The molecule has 0 saturated carbocycles. The average molecular weight is 1130 g/mol. The van der Waals surface area contributed by atoms with E-state index in [4.69, 9.17) is 4.42 Å². The minimum Gasteiger partial charge on any atom is -0.468 e. The van der Waals surface area contributed by atoms with Crippen LogP contribution in [-0.2, 0) is 32.5 Å². The Kier molecular flexibility index (Phi) is 11.4. The van der Waals surface area contributed by atoms with E-state index in [1.807, 2.05) is 18.2 Å². The number of anilines is 9. The van der Waals surface area contributed by atoms with E-state index in [1.165, 1.54) is 66.6 Å². The summed E-state index contributed by atoms with van der Waals surface area (Å²) in [6.07, 6.45) is 8.82. The molecule has 5 heteroatoms. The lowest BCUT2D eigenvalue weighted by atomic mass is 9.35. The van der Waals surface area contributed by atoms with Crippen LogP contribution >= 0.6 is 0 Å². The predicted octanol–water partition coefficient (Wildman–Crippen LogP) is 21.0. The van der Waals surface area contributed by atoms with Crippen molar-refractivity contribution in [2.45, 2.75) is 199 Å². The van der Waals surface area contributed by atoms with E-state index in [9.17, 15) is 4.11 Å². The summed E-state index contributed by atoms with van der Waals surface area (Å²) in [5, 5.41) is 1.14. The third-order valence-corrected chi connectivity index (χ3v) is 22.7. The summed E-state index contributed by atoms with van der Waals surface area (Å²) in [7, 11) is 0. The largest absolute Gasteiger partial charge is 0.468 e. The van der Waals surface area contributed by atoms with Gasteiger partial charge in [0.2, 0.25) is 0 Å². The second-order valence-corrected chi connectivity index (χ2v) is 31.1. The van der Waals surface area contributed by atoms with E-state index in [-0.39, 0.29) is 39.2 Å². The average Bonchev–Trinajstić information content (AvgIpc) is 1.67. The number of benzene rings is 8. The first-order valence-corrected chi connectivity index (χ1v) is 32.5. The Morgan fingerprint density at radius 3 is 1.70 bits per heavy atom. The molecule has 4 aliphatic carbocycles. The van der Waals surface area contributed by atoms with Crippen LogP contribution in [0.15, 0.2) is 156 Å². The zero-order chi connectivity index (χ0) is 62.4. The number of nitrogens with zero attached hydrogens (tertiary/aromatic N) is 3. The molecule has 8 aromatic carbocycles. The molecule has 436 valence electrons. The van der Waals surface area contributed by atoms with Crippen molar-refractivity contribution in [2.24, 2.45) is 0 Å². The van der Waals surface area contributed by atoms with E-state index in [2.05, 4.69) is 239 Å². The van der Waals surface area contributed by atoms with Gasteiger partial charge in [-0.2, -0.15) is 0 Å². The highest BCUT2D eigenvalue weighted by molar-refractivity contribution is 7.00. The van der Waals surface area contributed by atoms with Crippen LogP contribution in [0.5, 0.6) is 0 Å². The van der Waals surface area contributed by atoms with Gasteiger partial charge in [0.1, 0.15) is 5.58 Å². The Labute approximate surface area is 518 Å². The molecule has 0 amide bonds. The number of aryl methyl sites for hydroxylation is 1. The van der Waals surface area contributed by atoms with Crippen molar-refractivity contribution in [3.05, 3.63) is 202 Å². The Bertz CT molecular complexity index is 4390. The first-order valence-electron chi connectivity index (χ1n) is 34.0. The highest BCUT2D eigenvalue weighted by atomic mass is 16.3. The fourth-order valence-corrected chi connectivity index (χ4v) is 17.1. The second kappa shape index (κ2) is 18.9. The summed E-state index contributed by atoms with van der Waals surface area (Å²) in [5.74, 6) is 0.811. The van der Waals surface area contributed by atoms with Crippen LogP contribution in [0.1, 0.15) is 214 Å². The van der Waals surface area contributed by atoms with Gasteiger partial charge in [-0.25, -0.2) is 0 Å². The van der Waals surface area contributed by atoms with Crippen LogP contribution < -0.4 is 31.3 Å². The molecular weight excluding hydrogens is 1040 g/mol. The molecule has 4 nitrogen and oxygen atoms in total. The maximum Gasteiger partial charge on any atom is 0.297 e. The van der Waals surface area contributed by atoms with Gasteiger partial charge in [0.25, 0.3) is 6.71 Å². The molecule has 0 spiro atoms. The fraction of sp³-hybridized carbons (Fsp3) is 0.383. The van der Waals surface area contributed by atoms with Crippen molar-refractivity contribution < 1.29 is 8.53 Å². The quantitative estimate of drug-likeness (QED) is 0.155. The van der Waals surface area contributed by atoms with Gasteiger partial charge in [0, 0.05) is 49.2 Å². The maximum atomic E-state index is 9.19. The number of hydrogen-bond acceptors (Lipinski definition) is 4. The Morgan fingerprint density at radius 1 is 0.488 bits per heavy atom. The van der Waals surface area contributed by atoms with Gasteiger partial charge in [-0.05, 0) is 236 Å². The first-order chi connectivity index (χ1) is 42.1. The molecule has 2 unspecified atom stereocenters. The van der Waals surface area contributed by atoms with Gasteiger partial charge < -0.3 is 19.1 Å². The Morgan fingerprint density at radius 2 is 1.03 bits per heavy atom. The SMILES string of the molecule is [2H]C([2H])([2H])c1ccccc1N(c1ccccc1)c1cc2c3c(c1)N(c1ccc4c(c1)C(C)(C)CCC4(C)C)c1c(oc4cc5c(cc14)C(C)CCC5C)B3c1cc3c(cc1N2c1ccc2c(c1-c1ccccc1)C(C)(C)CCC2(C)C)C(C)(C)CCC3(C)C. The predicted molar refractivity (Wildman–Crippen MR) is 367 cm³/mol. The molecule has 0 saturated heterocycles. The number of rotatable bonds is 6. The van der Waals surface area contributed by atoms with Crippen molar-refractivity contribution in [2.75, 3.05) is 14.7 Å². The van der Waals surface area contributed by atoms with Crippen LogP contribution in [0, 0.1) is 6.85 Å². The van der Waals surface area contributed by atoms with Gasteiger partial charge in [-0.3, -0.25) is 0 Å². The van der Waals surface area contributed by atoms with Crippen LogP contribution in [0.2, 0.25) is 0 Å². The molecule has 0 bridgehead atoms. The van der Waals surface area contributed by atoms with Gasteiger partial charge in [-0.1, -0.05) is 182 Å². The van der Waals surface area contributed by atoms with Crippen LogP contribution in [-0.4, -0.2) is 6.71 Å². The summed E-state index contributed by atoms with van der Waals surface area (Å²) >= 11 is 0. The van der Waals surface area contributed by atoms with Crippen molar-refractivity contribution in [1.82, 2.24) is 0 Å². The minimum absolute atomic E-state index is 0.00199. The smallest absolute Gasteiger partial charge is 0.297 e. The molecule has 15 rings (SSSR count). The van der Waals surface area contributed by atoms with E-state index >= 15 is 0 Å². The van der Waals surface area contributed by atoms with Crippen molar-refractivity contribution in [1.29, 1.82) is 0 Å². The van der Waals surface area contributed by atoms with Crippen molar-refractivity contribution >= 4 is 85.5 Å². The van der Waals surface area contributed by atoms with E-state index in [1.54, 1.807) is 6.07 Å². The summed E-state index contributed by atoms with van der Waals surface area (Å²) in [6, 6.07) is 56.8. The molecule has 2 aliphatic heterocycles. The number of para-hydroxylation sites is 2. The third kappa shape index (κ3) is 8.20. The molecule has 1 aromatic heterocycles. The Hall–Kier alpha value is -7.24. The number of fused-ring (bicyclic) bond motifs is 10. The second-order valence-electron chi connectivity index (χ2n) is 31.1. The fourth-order valence-electron chi connectivity index (χ4n) is 17.1. The van der Waals surface area contributed by atoms with Crippen LogP contribution in [0.4, 0.5) is 51.2 Å². The monoisotopic (exact) mass is 1130 g/mol. The molecule has 2 atom stereocenters. The van der Waals surface area contributed by atoms with Crippen molar-refractivity contribution in [3.8, 4) is 11.1 Å². The van der Waals surface area contributed by atoms with Gasteiger partial charge in [-0.15, -0.1) is 0 Å². The molecule has 0 fully saturated rings. The minimum atomic E-state index is -2.41. The standard InChI is InChI=1S/C81H88BN3O/c1-49-30-31-50(2)57-46-70-58(45-56(49)57)74-75(86-70)82-64-47-62-63(80(12,13)39-38-79(62,10)11)48-67(64)85(66-35-34-60-72(71(66)52-25-18-16-19-26-52)81(14,15)41-40-77(60,6)7)69-44-55(83(53-27-20-17-21-28-53)65-29-23-22-24-51(65)3)43-68(73(69)82)84(74)54-32-33-59-61(42-54)78(8,9)37-36-76(59,4)5/h16-29,32-35,42-50H,30-31,36-41H2,1-15H3/i3D3. The zero-order valence-electron chi connectivity index (χ0n) is 56.6. The Balaban J connectivity index is 1.16. The van der Waals surface area contributed by atoms with Gasteiger partial charge in [0.15, 0.2) is 0 Å². The summed E-state index contributed by atoms with van der Waals surface area (Å²) < 4.78 is 35.5. The van der Waals surface area contributed by atoms with Gasteiger partial charge >= 0.3 is 0 Å². The topological polar surface area (TPSA) is 22.9 Å². The molecule has 9 aromatic rings. The molecule has 0 radical (unpaired) electrons. The van der Waals surface area contributed by atoms with Crippen molar-refractivity contribution in [3.63, 3.8) is 0 Å². The molecule has 6 aliphatic rings. The van der Waals surface area contributed by atoms with Crippen LogP contribution in [0.25, 0.3) is 22.1 Å². The number of furan rings is 1. The highest BCUT2D eigenvalue weighted by Crippen LogP contribution is 2.59. The van der Waals surface area contributed by atoms with E-state index < -0.39 is 6.85 Å². The molecule has 0 N–H and O–H groups in total. The first kappa shape index (κ1) is 51.9. The lowest BCUT2D eigenvalue weighted by molar-refractivity contribution is 0.332. The lowest BCUT2D eigenvalue weighted by Crippen LogP contribution is -2.61. The summed E-state index contributed by atoms with van der Waals surface area (Å²) in [5.41, 5.74) is 26.8. The van der Waals surface area contributed by atoms with E-state index in [0.29, 0.717) is 23.1 Å². The third-order valence-electron chi connectivity index (χ3n) is 22.7. The van der Waals surface area contributed by atoms with Crippen LogP contribution in [0.3, 0.4) is 0 Å². The number of hydrogen-bond donors (Lipinski definition) is 0. The molecule has 3 heterocycles.